The van der Waals surface area contributed by atoms with Gasteiger partial charge < -0.3 is 10.8 Å². The van der Waals surface area contributed by atoms with Crippen molar-refractivity contribution in [1.29, 1.82) is 0 Å². The summed E-state index contributed by atoms with van der Waals surface area (Å²) in [6, 6.07) is 1.84. The molecule has 0 saturated carbocycles. The third-order valence-electron chi connectivity index (χ3n) is 1.83. The molecule has 0 radical (unpaired) electrons. The van der Waals surface area contributed by atoms with Crippen LogP contribution in [0.3, 0.4) is 0 Å². The standard InChI is InChI=1S/C8H12ClNOS/c1-8(11,3-4-10)6-2-5-12-7(6)9/h2,5,11H,3-4,10H2,1H3. The van der Waals surface area contributed by atoms with Gasteiger partial charge in [-0.3, -0.25) is 0 Å². The Hall–Kier alpha value is -0.0900. The fourth-order valence-electron chi connectivity index (χ4n) is 1.10. The van der Waals surface area contributed by atoms with Gasteiger partial charge in [0.25, 0.3) is 0 Å². The number of hydrogen-bond donors (Lipinski definition) is 2. The topological polar surface area (TPSA) is 46.2 Å². The normalized spacial score (nSPS) is 16.0. The third kappa shape index (κ3) is 1.98. The lowest BCUT2D eigenvalue weighted by Gasteiger charge is -2.21. The van der Waals surface area contributed by atoms with Crippen molar-refractivity contribution in [1.82, 2.24) is 0 Å². The number of aliphatic hydroxyl groups is 1. The van der Waals surface area contributed by atoms with E-state index in [1.54, 1.807) is 6.92 Å². The van der Waals surface area contributed by atoms with Crippen LogP contribution in [0, 0.1) is 0 Å². The summed E-state index contributed by atoms with van der Waals surface area (Å²) >= 11 is 7.30. The average Bonchev–Trinajstić information content (AvgIpc) is 2.35. The molecule has 0 fully saturated rings. The number of thiophene rings is 1. The summed E-state index contributed by atoms with van der Waals surface area (Å²) in [5.41, 5.74) is 5.27. The maximum atomic E-state index is 9.90. The van der Waals surface area contributed by atoms with Gasteiger partial charge >= 0.3 is 0 Å². The highest BCUT2D eigenvalue weighted by atomic mass is 35.5. The monoisotopic (exact) mass is 205 g/mol. The van der Waals surface area contributed by atoms with Crippen LogP contribution < -0.4 is 5.73 Å². The lowest BCUT2D eigenvalue weighted by Crippen LogP contribution is -2.24. The van der Waals surface area contributed by atoms with E-state index in [0.29, 0.717) is 17.3 Å². The van der Waals surface area contributed by atoms with Crippen LogP contribution in [-0.4, -0.2) is 11.7 Å². The van der Waals surface area contributed by atoms with E-state index < -0.39 is 5.60 Å². The summed E-state index contributed by atoms with van der Waals surface area (Å²) in [6.45, 7) is 2.19. The Morgan fingerprint density at radius 2 is 2.42 bits per heavy atom. The smallest absolute Gasteiger partial charge is 0.0989 e. The molecule has 0 aliphatic rings. The van der Waals surface area contributed by atoms with E-state index in [0.717, 1.165) is 5.56 Å². The number of nitrogens with two attached hydrogens (primary N) is 1. The number of rotatable bonds is 3. The van der Waals surface area contributed by atoms with E-state index in [-0.39, 0.29) is 0 Å². The predicted octanol–water partition coefficient (Wildman–Crippen LogP) is 1.96. The van der Waals surface area contributed by atoms with Crippen molar-refractivity contribution in [3.8, 4) is 0 Å². The van der Waals surface area contributed by atoms with Crippen LogP contribution in [0.4, 0.5) is 0 Å². The zero-order chi connectivity index (χ0) is 9.19. The molecule has 1 unspecified atom stereocenters. The molecule has 1 heterocycles. The minimum absolute atomic E-state index is 0.458. The van der Waals surface area contributed by atoms with Crippen LogP contribution in [0.2, 0.25) is 4.34 Å². The Bertz CT molecular complexity index is 259. The SMILES string of the molecule is CC(O)(CCN)c1ccsc1Cl. The molecule has 0 aliphatic heterocycles. The Morgan fingerprint density at radius 3 is 2.83 bits per heavy atom. The number of hydrogen-bond acceptors (Lipinski definition) is 3. The first-order valence-corrected chi connectivity index (χ1v) is 4.99. The lowest BCUT2D eigenvalue weighted by molar-refractivity contribution is 0.0510. The second-order valence-electron chi connectivity index (χ2n) is 2.92. The van der Waals surface area contributed by atoms with E-state index in [1.807, 2.05) is 11.4 Å². The third-order valence-corrected chi connectivity index (χ3v) is 3.00. The van der Waals surface area contributed by atoms with E-state index in [2.05, 4.69) is 0 Å². The van der Waals surface area contributed by atoms with Gasteiger partial charge in [-0.25, -0.2) is 0 Å². The van der Waals surface area contributed by atoms with Crippen LogP contribution in [-0.2, 0) is 5.60 Å². The number of halogens is 1. The van der Waals surface area contributed by atoms with Gasteiger partial charge in [0.1, 0.15) is 0 Å². The van der Waals surface area contributed by atoms with Crippen molar-refractivity contribution >= 4 is 22.9 Å². The fourth-order valence-corrected chi connectivity index (χ4v) is 2.26. The molecule has 1 aromatic heterocycles. The van der Waals surface area contributed by atoms with E-state index >= 15 is 0 Å². The second-order valence-corrected chi connectivity index (χ2v) is 4.44. The van der Waals surface area contributed by atoms with E-state index in [9.17, 15) is 5.11 Å². The molecule has 1 aromatic rings. The van der Waals surface area contributed by atoms with Crippen LogP contribution in [0.5, 0.6) is 0 Å². The van der Waals surface area contributed by atoms with Crippen LogP contribution in [0.25, 0.3) is 0 Å². The van der Waals surface area contributed by atoms with Crippen molar-refractivity contribution in [2.24, 2.45) is 5.73 Å². The summed E-state index contributed by atoms with van der Waals surface area (Å²) in [7, 11) is 0. The summed E-state index contributed by atoms with van der Waals surface area (Å²) in [5.74, 6) is 0. The molecule has 4 heteroatoms. The maximum absolute atomic E-state index is 9.90. The van der Waals surface area contributed by atoms with Gasteiger partial charge in [0, 0.05) is 5.56 Å². The second kappa shape index (κ2) is 3.75. The zero-order valence-electron chi connectivity index (χ0n) is 6.88. The Kier molecular flexibility index (Phi) is 3.12. The van der Waals surface area contributed by atoms with Crippen molar-refractivity contribution in [3.05, 3.63) is 21.3 Å². The molecule has 12 heavy (non-hydrogen) atoms. The van der Waals surface area contributed by atoms with E-state index in [1.165, 1.54) is 11.3 Å². The highest BCUT2D eigenvalue weighted by Crippen LogP contribution is 2.33. The van der Waals surface area contributed by atoms with Gasteiger partial charge in [-0.2, -0.15) is 0 Å². The predicted molar refractivity (Wildman–Crippen MR) is 52.6 cm³/mol. The molecular formula is C8H12ClNOS. The molecule has 2 nitrogen and oxygen atoms in total. The average molecular weight is 206 g/mol. The van der Waals surface area contributed by atoms with Gasteiger partial charge in [0.15, 0.2) is 0 Å². The van der Waals surface area contributed by atoms with Gasteiger partial charge in [0.2, 0.25) is 0 Å². The molecule has 0 spiro atoms. The van der Waals surface area contributed by atoms with Gasteiger partial charge in [-0.15, -0.1) is 11.3 Å². The first-order chi connectivity index (χ1) is 5.58. The quantitative estimate of drug-likeness (QED) is 0.793. The molecule has 3 N–H and O–H groups in total. The Morgan fingerprint density at radius 1 is 1.75 bits per heavy atom. The van der Waals surface area contributed by atoms with Crippen molar-refractivity contribution in [3.63, 3.8) is 0 Å². The van der Waals surface area contributed by atoms with Crippen LogP contribution in [0.15, 0.2) is 11.4 Å². The maximum Gasteiger partial charge on any atom is 0.0989 e. The summed E-state index contributed by atoms with van der Waals surface area (Å²) < 4.78 is 0.647. The Balaban J connectivity index is 2.88. The molecule has 0 aliphatic carbocycles. The first-order valence-electron chi connectivity index (χ1n) is 3.74. The summed E-state index contributed by atoms with van der Waals surface area (Å²) in [6.07, 6.45) is 0.531. The van der Waals surface area contributed by atoms with Crippen LogP contribution >= 0.6 is 22.9 Å². The molecule has 68 valence electrons. The zero-order valence-corrected chi connectivity index (χ0v) is 8.45. The van der Waals surface area contributed by atoms with Crippen molar-refractivity contribution in [2.75, 3.05) is 6.54 Å². The fraction of sp³-hybridized carbons (Fsp3) is 0.500. The minimum atomic E-state index is -0.883. The molecule has 0 aromatic carbocycles. The molecule has 1 atom stereocenters. The summed E-state index contributed by atoms with van der Waals surface area (Å²) in [4.78, 5) is 0. The molecule has 0 amide bonds. The summed E-state index contributed by atoms with van der Waals surface area (Å²) in [5, 5.41) is 11.8. The highest BCUT2D eigenvalue weighted by Gasteiger charge is 2.25. The van der Waals surface area contributed by atoms with Crippen molar-refractivity contribution in [2.45, 2.75) is 18.9 Å². The molecular weight excluding hydrogens is 194 g/mol. The van der Waals surface area contributed by atoms with Crippen molar-refractivity contribution < 1.29 is 5.11 Å². The lowest BCUT2D eigenvalue weighted by atomic mass is 9.95. The van der Waals surface area contributed by atoms with E-state index in [4.69, 9.17) is 17.3 Å². The van der Waals surface area contributed by atoms with Gasteiger partial charge in [-0.1, -0.05) is 11.6 Å². The largest absolute Gasteiger partial charge is 0.385 e. The van der Waals surface area contributed by atoms with Gasteiger partial charge in [-0.05, 0) is 31.3 Å². The first kappa shape index (κ1) is 9.99. The molecule has 0 saturated heterocycles. The highest BCUT2D eigenvalue weighted by molar-refractivity contribution is 7.14. The Labute approximate surface area is 81.0 Å². The molecule has 0 bridgehead atoms. The molecule has 1 rings (SSSR count). The van der Waals surface area contributed by atoms with Crippen LogP contribution in [0.1, 0.15) is 18.9 Å². The minimum Gasteiger partial charge on any atom is -0.385 e. The van der Waals surface area contributed by atoms with Gasteiger partial charge in [0.05, 0.1) is 9.94 Å².